The van der Waals surface area contributed by atoms with Gasteiger partial charge in [0.05, 0.1) is 11.3 Å². The van der Waals surface area contributed by atoms with Crippen molar-refractivity contribution in [2.24, 2.45) is 17.0 Å². The number of carbonyl (C=O) groups excluding carboxylic acids is 1. The van der Waals surface area contributed by atoms with Crippen LogP contribution in [0.25, 0.3) is 0 Å². The topological polar surface area (TPSA) is 150 Å². The van der Waals surface area contributed by atoms with Crippen LogP contribution in [0.2, 0.25) is 0 Å². The second kappa shape index (κ2) is 12.2. The van der Waals surface area contributed by atoms with Gasteiger partial charge in [0, 0.05) is 56.7 Å². The van der Waals surface area contributed by atoms with E-state index in [1.54, 1.807) is 11.0 Å². The maximum absolute atomic E-state index is 13.8. The molecule has 43 heavy (non-hydrogen) atoms. The van der Waals surface area contributed by atoms with E-state index in [2.05, 4.69) is 28.9 Å². The van der Waals surface area contributed by atoms with E-state index in [-0.39, 0.29) is 10.8 Å². The Morgan fingerprint density at radius 1 is 1.07 bits per heavy atom. The van der Waals surface area contributed by atoms with Crippen molar-refractivity contribution in [3.8, 4) is 6.07 Å². The summed E-state index contributed by atoms with van der Waals surface area (Å²) in [5.74, 6) is 1.07. The molecule has 1 amide bonds. The number of pyridine rings is 1. The second-order valence-corrected chi connectivity index (χ2v) is 13.4. The molecular weight excluding hydrogens is 562 g/mol. The summed E-state index contributed by atoms with van der Waals surface area (Å²) in [6.45, 7) is 9.58. The SMILES string of the molecule is Cc1cc(CC2C[C@H](C)CN(c3ccccc3C#N)C2)c(N)c(C)c1C(=O)N1CCN(c2ncccc2S(N)(=O)=O)CC1. The monoisotopic (exact) mass is 601 g/mol. The van der Waals surface area contributed by atoms with Crippen LogP contribution < -0.4 is 20.7 Å². The second-order valence-electron chi connectivity index (χ2n) is 11.9. The number of aryl methyl sites for hydroxylation is 1. The number of aromatic nitrogens is 1. The quantitative estimate of drug-likeness (QED) is 0.408. The standard InChI is InChI=1S/C32H39N7O3S/c1-21-15-24(20-39(19-21)27-8-5-4-7-25(27)18-33)17-26-16-22(2)29(23(3)30(26)34)32(40)38-13-11-37(12-14-38)31-28(43(35,41)42)9-6-10-36-31/h4-10,16,21,24H,11-15,17,19-20,34H2,1-3H3,(H2,35,41,42)/t21-,24?/m0/s1. The lowest BCUT2D eigenvalue weighted by Gasteiger charge is -2.39. The molecule has 226 valence electrons. The molecule has 0 saturated carbocycles. The van der Waals surface area contributed by atoms with E-state index in [0.29, 0.717) is 60.6 Å². The van der Waals surface area contributed by atoms with E-state index in [1.807, 2.05) is 43.0 Å². The summed E-state index contributed by atoms with van der Waals surface area (Å²) in [5.41, 5.74) is 12.4. The molecule has 3 aromatic rings. The van der Waals surface area contributed by atoms with E-state index in [0.717, 1.165) is 48.3 Å². The number of nitriles is 1. The first-order chi connectivity index (χ1) is 20.5. The van der Waals surface area contributed by atoms with Crippen LogP contribution in [0.3, 0.4) is 0 Å². The lowest BCUT2D eigenvalue weighted by atomic mass is 9.83. The number of benzene rings is 2. The van der Waals surface area contributed by atoms with Crippen LogP contribution in [-0.4, -0.2) is 63.5 Å². The summed E-state index contributed by atoms with van der Waals surface area (Å²) < 4.78 is 24.1. The molecule has 4 N–H and O–H groups in total. The Morgan fingerprint density at radius 3 is 2.49 bits per heavy atom. The van der Waals surface area contributed by atoms with Gasteiger partial charge in [-0.05, 0) is 79.5 Å². The van der Waals surface area contributed by atoms with Crippen molar-refractivity contribution in [2.75, 3.05) is 54.8 Å². The molecule has 2 aliphatic heterocycles. The van der Waals surface area contributed by atoms with Crippen LogP contribution in [0, 0.1) is 37.0 Å². The Hall–Kier alpha value is -4.14. The van der Waals surface area contributed by atoms with Crippen molar-refractivity contribution in [2.45, 2.75) is 38.5 Å². The third-order valence-electron chi connectivity index (χ3n) is 8.67. The number of hydrogen-bond acceptors (Lipinski definition) is 8. The van der Waals surface area contributed by atoms with Gasteiger partial charge < -0.3 is 20.4 Å². The van der Waals surface area contributed by atoms with Crippen LogP contribution in [0.5, 0.6) is 0 Å². The first kappa shape index (κ1) is 30.3. The number of nitrogen functional groups attached to an aromatic ring is 1. The van der Waals surface area contributed by atoms with Crippen LogP contribution in [0.4, 0.5) is 17.2 Å². The molecule has 5 rings (SSSR count). The molecule has 0 spiro atoms. The van der Waals surface area contributed by atoms with Gasteiger partial charge in [-0.2, -0.15) is 5.26 Å². The molecule has 0 radical (unpaired) electrons. The van der Waals surface area contributed by atoms with E-state index in [9.17, 15) is 18.5 Å². The van der Waals surface area contributed by atoms with Crippen LogP contribution in [-0.2, 0) is 16.4 Å². The average molecular weight is 602 g/mol. The Bertz CT molecular complexity index is 1680. The molecule has 10 nitrogen and oxygen atoms in total. The Labute approximate surface area is 254 Å². The largest absolute Gasteiger partial charge is 0.398 e. The highest BCUT2D eigenvalue weighted by molar-refractivity contribution is 7.89. The van der Waals surface area contributed by atoms with E-state index in [4.69, 9.17) is 10.9 Å². The molecule has 1 unspecified atom stereocenters. The van der Waals surface area contributed by atoms with Crippen LogP contribution in [0.15, 0.2) is 53.6 Å². The highest BCUT2D eigenvalue weighted by Gasteiger charge is 2.30. The molecule has 2 saturated heterocycles. The van der Waals surface area contributed by atoms with Gasteiger partial charge >= 0.3 is 0 Å². The van der Waals surface area contributed by atoms with Gasteiger partial charge in [0.2, 0.25) is 10.0 Å². The summed E-state index contributed by atoms with van der Waals surface area (Å²) in [6.07, 6.45) is 3.40. The van der Waals surface area contributed by atoms with Crippen LogP contribution in [0.1, 0.15) is 46.0 Å². The fourth-order valence-corrected chi connectivity index (χ4v) is 7.39. The molecule has 11 heteroatoms. The summed E-state index contributed by atoms with van der Waals surface area (Å²) in [4.78, 5) is 24.0. The maximum Gasteiger partial charge on any atom is 0.254 e. The number of amides is 1. The first-order valence-electron chi connectivity index (χ1n) is 14.6. The van der Waals surface area contributed by atoms with Gasteiger partial charge in [0.1, 0.15) is 16.8 Å². The smallest absolute Gasteiger partial charge is 0.254 e. The lowest BCUT2D eigenvalue weighted by Crippen LogP contribution is -2.49. The number of anilines is 3. The predicted molar refractivity (Wildman–Crippen MR) is 168 cm³/mol. The summed E-state index contributed by atoms with van der Waals surface area (Å²) in [5, 5.41) is 15.0. The number of rotatable bonds is 6. The number of sulfonamides is 1. The maximum atomic E-state index is 13.8. The Kier molecular flexibility index (Phi) is 8.62. The minimum absolute atomic E-state index is 0.0189. The molecule has 1 aromatic heterocycles. The normalized spacial score (nSPS) is 19.3. The zero-order valence-electron chi connectivity index (χ0n) is 25.0. The molecule has 2 aromatic carbocycles. The molecule has 2 atom stereocenters. The highest BCUT2D eigenvalue weighted by Crippen LogP contribution is 2.34. The van der Waals surface area contributed by atoms with E-state index < -0.39 is 10.0 Å². The molecule has 0 aliphatic carbocycles. The van der Waals surface area contributed by atoms with Gasteiger partial charge in [0.15, 0.2) is 0 Å². The van der Waals surface area contributed by atoms with Crippen molar-refractivity contribution < 1.29 is 13.2 Å². The Balaban J connectivity index is 1.30. The Morgan fingerprint density at radius 2 is 1.79 bits per heavy atom. The molecular formula is C32H39N7O3S. The van der Waals surface area contributed by atoms with Crippen LogP contribution >= 0.6 is 0 Å². The number of hydrogen-bond donors (Lipinski definition) is 2. The number of piperidine rings is 1. The van der Waals surface area contributed by atoms with Gasteiger partial charge in [-0.1, -0.05) is 25.1 Å². The fourth-order valence-electron chi connectivity index (χ4n) is 6.68. The first-order valence-corrected chi connectivity index (χ1v) is 16.2. The third kappa shape index (κ3) is 6.31. The average Bonchev–Trinajstić information content (AvgIpc) is 2.99. The number of para-hydroxylation sites is 1. The minimum atomic E-state index is -3.92. The fraction of sp³-hybridized carbons (Fsp3) is 0.406. The molecule has 2 fully saturated rings. The lowest BCUT2D eigenvalue weighted by molar-refractivity contribution is 0.0745. The summed E-state index contributed by atoms with van der Waals surface area (Å²) in [7, 11) is -3.92. The predicted octanol–water partition coefficient (Wildman–Crippen LogP) is 3.47. The molecule has 2 aliphatic rings. The number of primary sulfonamides is 1. The van der Waals surface area contributed by atoms with Gasteiger partial charge in [-0.15, -0.1) is 0 Å². The minimum Gasteiger partial charge on any atom is -0.398 e. The zero-order valence-corrected chi connectivity index (χ0v) is 25.8. The van der Waals surface area contributed by atoms with E-state index in [1.165, 1.54) is 12.3 Å². The highest BCUT2D eigenvalue weighted by atomic mass is 32.2. The van der Waals surface area contributed by atoms with Crippen molar-refractivity contribution in [3.05, 3.63) is 76.5 Å². The van der Waals surface area contributed by atoms with Crippen molar-refractivity contribution in [1.29, 1.82) is 5.26 Å². The van der Waals surface area contributed by atoms with Crippen molar-refractivity contribution in [3.63, 3.8) is 0 Å². The molecule has 0 bridgehead atoms. The third-order valence-corrected chi connectivity index (χ3v) is 9.60. The summed E-state index contributed by atoms with van der Waals surface area (Å²) >= 11 is 0. The zero-order chi connectivity index (χ0) is 30.9. The number of nitrogens with zero attached hydrogens (tertiary/aromatic N) is 5. The molecule has 3 heterocycles. The van der Waals surface area contributed by atoms with Gasteiger partial charge in [-0.3, -0.25) is 4.79 Å². The van der Waals surface area contributed by atoms with E-state index >= 15 is 0 Å². The summed E-state index contributed by atoms with van der Waals surface area (Å²) in [6, 6.07) is 15.1. The van der Waals surface area contributed by atoms with Gasteiger partial charge in [0.25, 0.3) is 5.91 Å². The number of carbonyl (C=O) groups is 1. The number of piperazine rings is 1. The van der Waals surface area contributed by atoms with Gasteiger partial charge in [-0.25, -0.2) is 18.5 Å². The number of nitrogens with two attached hydrogens (primary N) is 2. The van der Waals surface area contributed by atoms with Crippen molar-refractivity contribution >= 4 is 33.1 Å². The van der Waals surface area contributed by atoms with Crippen molar-refractivity contribution in [1.82, 2.24) is 9.88 Å².